The molecule has 0 atom stereocenters. The average molecular weight is 595 g/mol. The Morgan fingerprint density at radius 2 is 1.21 bits per heavy atom. The van der Waals surface area contributed by atoms with Crippen LogP contribution < -0.4 is 20.2 Å². The largest absolute Gasteiger partial charge is 0.336 e. The van der Waals surface area contributed by atoms with Gasteiger partial charge in [0.15, 0.2) is 7.14 Å². The van der Waals surface area contributed by atoms with Gasteiger partial charge in [-0.1, -0.05) is 71.9 Å². The first kappa shape index (κ1) is 26.3. The highest BCUT2D eigenvalue weighted by atomic mass is 127. The average Bonchev–Trinajstić information content (AvgIpc) is 2.76. The van der Waals surface area contributed by atoms with Crippen molar-refractivity contribution in [1.29, 1.82) is 0 Å². The second kappa shape index (κ2) is 9.75. The molecule has 0 aromatic heterocycles. The normalized spacial score (nSPS) is 12.7. The van der Waals surface area contributed by atoms with E-state index in [1.807, 2.05) is 48.5 Å². The minimum Gasteiger partial charge on any atom is -0.258 e. The number of nitrogens with zero attached hydrogens (tertiary/aromatic N) is 1. The first-order chi connectivity index (χ1) is 15.7. The van der Waals surface area contributed by atoms with Crippen LogP contribution in [0.3, 0.4) is 0 Å². The highest BCUT2D eigenvalue weighted by molar-refractivity contribution is 7.86. The zero-order valence-electron chi connectivity index (χ0n) is 20.2. The van der Waals surface area contributed by atoms with Gasteiger partial charge in [0.1, 0.15) is 4.90 Å². The van der Waals surface area contributed by atoms with Gasteiger partial charge in [0, 0.05) is 12.1 Å². The Morgan fingerprint density at radius 3 is 1.59 bits per heavy atom. The zero-order valence-corrected chi connectivity index (χ0v) is 23.2. The maximum Gasteiger partial charge on any atom is 0.336 e. The van der Waals surface area contributed by atoms with E-state index in [2.05, 4.69) is 41.5 Å². The van der Waals surface area contributed by atoms with Crippen molar-refractivity contribution in [2.24, 2.45) is 0 Å². The van der Waals surface area contributed by atoms with Gasteiger partial charge < -0.3 is 0 Å². The number of hydrogen-bond donors (Lipinski definition) is 0. The van der Waals surface area contributed by atoms with Crippen LogP contribution in [0.1, 0.15) is 52.7 Å². The van der Waals surface area contributed by atoms with E-state index in [-0.39, 0.29) is 21.4 Å². The Balaban J connectivity index is 2.06. The van der Waals surface area contributed by atoms with Gasteiger partial charge in [-0.25, -0.2) is 0 Å². The summed E-state index contributed by atoms with van der Waals surface area (Å²) in [6.07, 6.45) is 0. The van der Waals surface area contributed by atoms with E-state index in [1.165, 1.54) is 18.2 Å². The lowest BCUT2D eigenvalue weighted by Gasteiger charge is -2.19. The molecule has 0 saturated heterocycles. The van der Waals surface area contributed by atoms with Gasteiger partial charge in [0.05, 0.1) is 4.92 Å². The molecule has 0 aliphatic carbocycles. The topological polar surface area (TPSA) is 86.5 Å². The van der Waals surface area contributed by atoms with E-state index in [0.29, 0.717) is 0 Å². The number of hydrogen-bond acceptors (Lipinski definition) is 5. The van der Waals surface area contributed by atoms with Gasteiger partial charge in [-0.15, -0.1) is 0 Å². The van der Waals surface area contributed by atoms with Gasteiger partial charge in [-0.05, 0) is 54.8 Å². The summed E-state index contributed by atoms with van der Waals surface area (Å²) in [7, 11) is -4.22. The van der Waals surface area contributed by atoms with E-state index < -0.39 is 35.3 Å². The molecule has 0 spiro atoms. The summed E-state index contributed by atoms with van der Waals surface area (Å²) >= 11 is -2.92. The van der Waals surface area contributed by atoms with Crippen LogP contribution in [0.5, 0.6) is 0 Å². The fourth-order valence-electron chi connectivity index (χ4n) is 3.20. The molecule has 0 unspecified atom stereocenters. The summed E-state index contributed by atoms with van der Waals surface area (Å²) in [4.78, 5) is 10.3. The van der Waals surface area contributed by atoms with Crippen molar-refractivity contribution >= 4 is 15.8 Å². The highest BCUT2D eigenvalue weighted by Crippen LogP contribution is 2.22. The van der Waals surface area contributed by atoms with E-state index in [4.69, 9.17) is 2.51 Å². The highest BCUT2D eigenvalue weighted by Gasteiger charge is 2.38. The van der Waals surface area contributed by atoms with Crippen LogP contribution in [0, 0.1) is 17.3 Å². The monoisotopic (exact) mass is 595 g/mol. The molecule has 1 radical (unpaired) electrons. The zero-order chi connectivity index (χ0) is 25.3. The van der Waals surface area contributed by atoms with Gasteiger partial charge in [0.25, 0.3) is 5.69 Å². The standard InChI is InChI=1S/C26H30INO5S/c1-25(2,3)19-10-14-21(15-11-19)27(22-16-12-20(13-17-22)26(4,5)6)33-34(31,32)24-9-7-8-23(18-24)28(29)30/h7-18H,1-6H3/q+1. The summed E-state index contributed by atoms with van der Waals surface area (Å²) in [5.41, 5.74) is 1.89. The predicted octanol–water partition coefficient (Wildman–Crippen LogP) is 3.17. The second-order valence-electron chi connectivity index (χ2n) is 10.0. The molecule has 0 saturated carbocycles. The lowest BCUT2D eigenvalue weighted by Crippen LogP contribution is -3.85. The molecule has 3 aromatic carbocycles. The van der Waals surface area contributed by atoms with Gasteiger partial charge >= 0.3 is 30.4 Å². The van der Waals surface area contributed by atoms with Crippen molar-refractivity contribution < 1.29 is 36.1 Å². The first-order valence-corrected chi connectivity index (χ1v) is 15.2. The molecule has 0 aliphatic heterocycles. The van der Waals surface area contributed by atoms with Gasteiger partial charge in [-0.3, -0.25) is 10.1 Å². The molecule has 8 heteroatoms. The summed E-state index contributed by atoms with van der Waals surface area (Å²) in [5, 5.41) is 11.2. The first-order valence-electron chi connectivity index (χ1n) is 10.8. The van der Waals surface area contributed by atoms with Crippen molar-refractivity contribution in [2.75, 3.05) is 0 Å². The van der Waals surface area contributed by atoms with Crippen LogP contribution in [-0.4, -0.2) is 13.3 Å². The third-order valence-corrected chi connectivity index (χ3v) is 12.6. The Labute approximate surface area is 209 Å². The fraction of sp³-hybridized carbons (Fsp3) is 0.308. The van der Waals surface area contributed by atoms with Crippen LogP contribution >= 0.6 is 0 Å². The molecule has 0 amide bonds. The molecule has 0 heterocycles. The number of nitro groups is 1. The van der Waals surface area contributed by atoms with E-state index in [9.17, 15) is 18.5 Å². The second-order valence-corrected chi connectivity index (χ2v) is 16.5. The predicted molar refractivity (Wildman–Crippen MR) is 129 cm³/mol. The van der Waals surface area contributed by atoms with Crippen molar-refractivity contribution in [3.8, 4) is 0 Å². The SMILES string of the molecule is CC(C)(C)c1ccc([I+](OS(=O)(=O)c2cccc([N+](=O)[O-])c2)c2ccc(C(C)(C)C)cc2)cc1. The van der Waals surface area contributed by atoms with E-state index in [0.717, 1.165) is 24.3 Å². The molecule has 0 bridgehead atoms. The van der Waals surface area contributed by atoms with Crippen molar-refractivity contribution in [1.82, 2.24) is 0 Å². The number of rotatable bonds is 6. The van der Waals surface area contributed by atoms with E-state index in [1.54, 1.807) is 0 Å². The number of non-ortho nitro benzene ring substituents is 1. The molecule has 181 valence electrons. The molecular formula is C26H30INO5S+. The van der Waals surface area contributed by atoms with E-state index >= 15 is 0 Å². The van der Waals surface area contributed by atoms with Crippen LogP contribution in [-0.2, 0) is 23.5 Å². The minimum absolute atomic E-state index is 0.0398. The van der Waals surface area contributed by atoms with Crippen LogP contribution in [0.2, 0.25) is 0 Å². The van der Waals surface area contributed by atoms with Crippen molar-refractivity contribution in [3.05, 3.63) is 101 Å². The van der Waals surface area contributed by atoms with Crippen LogP contribution in [0.15, 0.2) is 77.7 Å². The summed E-state index contributed by atoms with van der Waals surface area (Å²) in [6, 6.07) is 20.7. The molecule has 0 fully saturated rings. The molecule has 0 aliphatic rings. The molecule has 6 nitrogen and oxygen atoms in total. The smallest absolute Gasteiger partial charge is 0.258 e. The van der Waals surface area contributed by atoms with Crippen molar-refractivity contribution in [3.63, 3.8) is 0 Å². The lowest BCUT2D eigenvalue weighted by molar-refractivity contribution is -1.03. The van der Waals surface area contributed by atoms with Crippen LogP contribution in [0.4, 0.5) is 5.69 Å². The minimum atomic E-state index is -4.22. The third-order valence-electron chi connectivity index (χ3n) is 5.28. The molecular weight excluding hydrogens is 565 g/mol. The number of halogens is 1. The summed E-state index contributed by atoms with van der Waals surface area (Å²) in [6.45, 7) is 12.7. The Bertz CT molecular complexity index is 1220. The Kier molecular flexibility index (Phi) is 7.54. The molecule has 34 heavy (non-hydrogen) atoms. The number of benzene rings is 3. The number of nitro benzene ring substituents is 1. The maximum absolute atomic E-state index is 13.2. The van der Waals surface area contributed by atoms with Gasteiger partial charge in [0.2, 0.25) is 0 Å². The third kappa shape index (κ3) is 6.22. The van der Waals surface area contributed by atoms with Crippen molar-refractivity contribution in [2.45, 2.75) is 57.3 Å². The molecule has 0 N–H and O–H groups in total. The molecule has 3 rings (SSSR count). The van der Waals surface area contributed by atoms with Crippen LogP contribution in [0.25, 0.3) is 0 Å². The quantitative estimate of drug-likeness (QED) is 0.248. The Hall–Kier alpha value is -2.30. The summed E-state index contributed by atoms with van der Waals surface area (Å²) in [5.74, 6) is 0. The van der Waals surface area contributed by atoms with Gasteiger partial charge in [-0.2, -0.15) is 8.42 Å². The molecule has 3 aromatic rings. The fourth-order valence-corrected chi connectivity index (χ4v) is 10.1. The maximum atomic E-state index is 13.2. The lowest BCUT2D eigenvalue weighted by atomic mass is 9.87. The Morgan fingerprint density at radius 1 is 0.765 bits per heavy atom. The summed E-state index contributed by atoms with van der Waals surface area (Å²) < 4.78 is 34.0.